The number of hydrogen-bond donors (Lipinski definition) is 0. The van der Waals surface area contributed by atoms with Crippen molar-refractivity contribution in [1.82, 2.24) is 0 Å². The minimum Gasteiger partial charge on any atom is -0.493 e. The van der Waals surface area contributed by atoms with Crippen LogP contribution in [0.5, 0.6) is 11.5 Å². The van der Waals surface area contributed by atoms with Crippen LogP contribution in [-0.2, 0) is 25.5 Å². The van der Waals surface area contributed by atoms with Crippen molar-refractivity contribution in [3.8, 4) is 11.5 Å². The summed E-state index contributed by atoms with van der Waals surface area (Å²) in [7, 11) is 3.12. The van der Waals surface area contributed by atoms with E-state index in [0.29, 0.717) is 30.2 Å². The molecule has 2 rings (SSSR count). The molecule has 28 heavy (non-hydrogen) atoms. The van der Waals surface area contributed by atoms with Gasteiger partial charge in [-0.15, -0.1) is 0 Å². The van der Waals surface area contributed by atoms with Gasteiger partial charge < -0.3 is 14.2 Å². The van der Waals surface area contributed by atoms with Gasteiger partial charge in [0.1, 0.15) is 0 Å². The average Bonchev–Trinajstić information content (AvgIpc) is 2.69. The molecule has 0 unspecified atom stereocenters. The molecule has 1 aliphatic rings. The van der Waals surface area contributed by atoms with Gasteiger partial charge in [-0.2, -0.15) is 4.58 Å². The molecule has 0 spiro atoms. The maximum Gasteiger partial charge on any atom is 0.398 e. The standard InChI is InChI=1S/C21H24NO6/c1-4-28-21(25)14-20(24)22(16-6-8-17(23)9-7-16)12-11-15-5-10-18(26-2)19(13-15)27-3/h5-10,13H,4,11-12,14H2,1-3H3/q+1. The second-order valence-electron chi connectivity index (χ2n) is 5.96. The second-order valence-corrected chi connectivity index (χ2v) is 5.96. The third-order valence-corrected chi connectivity index (χ3v) is 4.12. The Morgan fingerprint density at radius 1 is 1.00 bits per heavy atom. The van der Waals surface area contributed by atoms with E-state index in [0.717, 1.165) is 5.56 Å². The lowest BCUT2D eigenvalue weighted by Crippen LogP contribution is -2.31. The van der Waals surface area contributed by atoms with Crippen molar-refractivity contribution in [2.24, 2.45) is 0 Å². The number of nitrogens with zero attached hydrogens (tertiary/aromatic N) is 1. The van der Waals surface area contributed by atoms with E-state index in [-0.39, 0.29) is 18.8 Å². The lowest BCUT2D eigenvalue weighted by molar-refractivity contribution is -0.447. The largest absolute Gasteiger partial charge is 0.493 e. The second kappa shape index (κ2) is 10.2. The van der Waals surface area contributed by atoms with Crippen molar-refractivity contribution in [2.45, 2.75) is 19.8 Å². The van der Waals surface area contributed by atoms with E-state index < -0.39 is 11.9 Å². The van der Waals surface area contributed by atoms with E-state index in [4.69, 9.17) is 14.2 Å². The Labute approximate surface area is 163 Å². The number of hydrogen-bond acceptors (Lipinski definition) is 6. The number of benzene rings is 1. The molecule has 0 radical (unpaired) electrons. The first kappa shape index (κ1) is 21.1. The first-order chi connectivity index (χ1) is 13.5. The van der Waals surface area contributed by atoms with Crippen LogP contribution in [0.15, 0.2) is 42.5 Å². The number of carbonyl (C=O) groups is 3. The van der Waals surface area contributed by atoms with Gasteiger partial charge in [-0.25, -0.2) is 4.79 Å². The molecule has 0 aromatic heterocycles. The molecule has 0 aliphatic heterocycles. The van der Waals surface area contributed by atoms with Crippen LogP contribution in [0.25, 0.3) is 0 Å². The highest BCUT2D eigenvalue weighted by molar-refractivity contribution is 6.15. The minimum atomic E-state index is -0.580. The number of allylic oxidation sites excluding steroid dienone is 4. The summed E-state index contributed by atoms with van der Waals surface area (Å²) in [5.41, 5.74) is 1.49. The molecule has 1 aromatic carbocycles. The first-order valence-corrected chi connectivity index (χ1v) is 8.92. The van der Waals surface area contributed by atoms with Gasteiger partial charge in [-0.3, -0.25) is 9.59 Å². The third kappa shape index (κ3) is 5.64. The molecular formula is C21H24NO6+. The lowest BCUT2D eigenvalue weighted by atomic mass is 10.1. The summed E-state index contributed by atoms with van der Waals surface area (Å²) >= 11 is 0. The van der Waals surface area contributed by atoms with Crippen molar-refractivity contribution < 1.29 is 33.2 Å². The number of esters is 1. The Morgan fingerprint density at radius 3 is 2.29 bits per heavy atom. The fourth-order valence-corrected chi connectivity index (χ4v) is 2.73. The van der Waals surface area contributed by atoms with Crippen molar-refractivity contribution in [3.05, 3.63) is 48.1 Å². The van der Waals surface area contributed by atoms with E-state index in [9.17, 15) is 14.4 Å². The molecular weight excluding hydrogens is 362 g/mol. The average molecular weight is 386 g/mol. The molecule has 7 heteroatoms. The molecule has 0 saturated carbocycles. The fourth-order valence-electron chi connectivity index (χ4n) is 2.73. The Hall–Kier alpha value is -3.22. The highest BCUT2D eigenvalue weighted by Crippen LogP contribution is 2.27. The predicted molar refractivity (Wildman–Crippen MR) is 103 cm³/mol. The van der Waals surface area contributed by atoms with E-state index in [1.165, 1.54) is 16.7 Å². The number of amides is 1. The first-order valence-electron chi connectivity index (χ1n) is 8.92. The van der Waals surface area contributed by atoms with E-state index >= 15 is 0 Å². The normalized spacial score (nSPS) is 12.7. The molecule has 0 bridgehead atoms. The van der Waals surface area contributed by atoms with Gasteiger partial charge in [-0.1, -0.05) is 6.07 Å². The van der Waals surface area contributed by atoms with Crippen LogP contribution >= 0.6 is 0 Å². The number of rotatable bonds is 8. The summed E-state index contributed by atoms with van der Waals surface area (Å²) in [5.74, 6) is 0.0932. The molecule has 1 aromatic rings. The maximum absolute atomic E-state index is 12.7. The van der Waals surface area contributed by atoms with Gasteiger partial charge in [0.25, 0.3) is 0 Å². The molecule has 0 heterocycles. The Bertz CT molecular complexity index is 832. The summed E-state index contributed by atoms with van der Waals surface area (Å²) in [6, 6.07) is 5.52. The zero-order valence-electron chi connectivity index (χ0n) is 16.3. The highest BCUT2D eigenvalue weighted by Gasteiger charge is 2.26. The molecule has 0 saturated heterocycles. The number of ether oxygens (including phenoxy) is 3. The van der Waals surface area contributed by atoms with Gasteiger partial charge >= 0.3 is 11.9 Å². The van der Waals surface area contributed by atoms with Crippen LogP contribution in [-0.4, -0.2) is 55.3 Å². The summed E-state index contributed by atoms with van der Waals surface area (Å²) in [6.45, 7) is 2.22. The zero-order valence-corrected chi connectivity index (χ0v) is 16.3. The maximum atomic E-state index is 12.7. The summed E-state index contributed by atoms with van der Waals surface area (Å²) in [4.78, 5) is 35.8. The Kier molecular flexibility index (Phi) is 7.68. The Morgan fingerprint density at radius 2 is 1.68 bits per heavy atom. The van der Waals surface area contributed by atoms with Crippen molar-refractivity contribution in [3.63, 3.8) is 0 Å². The molecule has 1 amide bonds. The van der Waals surface area contributed by atoms with Crippen molar-refractivity contribution >= 4 is 23.4 Å². The Balaban J connectivity index is 2.23. The quantitative estimate of drug-likeness (QED) is 0.294. The number of ketones is 1. The molecule has 0 atom stereocenters. The topological polar surface area (TPSA) is 81.9 Å². The van der Waals surface area contributed by atoms with Crippen LogP contribution in [0.1, 0.15) is 18.9 Å². The van der Waals surface area contributed by atoms with E-state index in [1.54, 1.807) is 39.4 Å². The monoisotopic (exact) mass is 386 g/mol. The van der Waals surface area contributed by atoms with E-state index in [2.05, 4.69) is 0 Å². The summed E-state index contributed by atoms with van der Waals surface area (Å²) in [6.07, 6.45) is 6.07. The van der Waals surface area contributed by atoms with Crippen molar-refractivity contribution in [1.29, 1.82) is 0 Å². The molecule has 0 fully saturated rings. The van der Waals surface area contributed by atoms with Gasteiger partial charge in [0.05, 0.1) is 20.8 Å². The van der Waals surface area contributed by atoms with Crippen LogP contribution in [0, 0.1) is 0 Å². The van der Waals surface area contributed by atoms with Gasteiger partial charge in [0, 0.05) is 18.6 Å². The molecule has 0 N–H and O–H groups in total. The van der Waals surface area contributed by atoms with Crippen LogP contribution in [0.4, 0.5) is 0 Å². The van der Waals surface area contributed by atoms with Gasteiger partial charge in [0.2, 0.25) is 5.71 Å². The summed E-state index contributed by atoms with van der Waals surface area (Å²) < 4.78 is 16.9. The highest BCUT2D eigenvalue weighted by atomic mass is 16.5. The number of methoxy groups -OCH3 is 2. The van der Waals surface area contributed by atoms with Crippen LogP contribution in [0.2, 0.25) is 0 Å². The molecule has 7 nitrogen and oxygen atoms in total. The SMILES string of the molecule is CCOC(=O)CC(=O)[N+](CCc1ccc(OC)c(OC)c1)=C1C=CC(=O)C=C1. The molecule has 148 valence electrons. The fraction of sp³-hybridized carbons (Fsp3) is 0.333. The lowest BCUT2D eigenvalue weighted by Gasteiger charge is -2.10. The van der Waals surface area contributed by atoms with Gasteiger partial charge in [-0.05, 0) is 36.8 Å². The zero-order chi connectivity index (χ0) is 20.5. The minimum absolute atomic E-state index is 0.151. The predicted octanol–water partition coefficient (Wildman–Crippen LogP) is 1.87. The van der Waals surface area contributed by atoms with Crippen molar-refractivity contribution in [2.75, 3.05) is 27.4 Å². The third-order valence-electron chi connectivity index (χ3n) is 4.12. The van der Waals surface area contributed by atoms with E-state index in [1.807, 2.05) is 12.1 Å². The smallest absolute Gasteiger partial charge is 0.398 e. The number of carbonyl (C=O) groups excluding carboxylic acids is 3. The molecule has 1 aliphatic carbocycles. The van der Waals surface area contributed by atoms with Crippen LogP contribution < -0.4 is 9.47 Å². The summed E-state index contributed by atoms with van der Waals surface area (Å²) in [5, 5.41) is 0. The van der Waals surface area contributed by atoms with Gasteiger partial charge in [0.15, 0.2) is 30.2 Å². The van der Waals surface area contributed by atoms with Crippen LogP contribution in [0.3, 0.4) is 0 Å².